The first-order valence-corrected chi connectivity index (χ1v) is 6.65. The van der Waals surface area contributed by atoms with E-state index < -0.39 is 0 Å². The Morgan fingerprint density at radius 1 is 1.41 bits per heavy atom. The Bertz CT molecular complexity index is 300. The Hall–Kier alpha value is -0.870. The van der Waals surface area contributed by atoms with Gasteiger partial charge in [0.05, 0.1) is 12.4 Å². The minimum Gasteiger partial charge on any atom is -0.377 e. The molecule has 0 saturated heterocycles. The number of rotatable bonds is 6. The van der Waals surface area contributed by atoms with Crippen LogP contribution in [-0.4, -0.2) is 35.4 Å². The predicted molar refractivity (Wildman–Crippen MR) is 67.9 cm³/mol. The summed E-state index contributed by atoms with van der Waals surface area (Å²) >= 11 is 0. The van der Waals surface area contributed by atoms with Crippen LogP contribution in [0.5, 0.6) is 0 Å². The molecule has 1 aliphatic rings. The van der Waals surface area contributed by atoms with E-state index in [2.05, 4.69) is 14.9 Å². The Balaban J connectivity index is 1.63. The summed E-state index contributed by atoms with van der Waals surface area (Å²) in [7, 11) is 2.04. The first-order valence-electron chi connectivity index (χ1n) is 6.65. The molecule has 96 valence electrons. The fourth-order valence-corrected chi connectivity index (χ4v) is 2.53. The summed E-state index contributed by atoms with van der Waals surface area (Å²) in [4.78, 5) is 4.03. The summed E-state index contributed by atoms with van der Waals surface area (Å²) in [6, 6.07) is 0.553. The molecule has 0 bridgehead atoms. The molecule has 1 aliphatic carbocycles. The van der Waals surface area contributed by atoms with Gasteiger partial charge in [-0.05, 0) is 26.3 Å². The van der Waals surface area contributed by atoms with Crippen LogP contribution in [0.15, 0.2) is 18.7 Å². The minimum atomic E-state index is 0.413. The second kappa shape index (κ2) is 6.77. The van der Waals surface area contributed by atoms with E-state index >= 15 is 0 Å². The van der Waals surface area contributed by atoms with Crippen molar-refractivity contribution in [3.05, 3.63) is 18.7 Å². The van der Waals surface area contributed by atoms with Crippen molar-refractivity contribution < 1.29 is 4.74 Å². The van der Waals surface area contributed by atoms with Crippen LogP contribution >= 0.6 is 0 Å². The fraction of sp³-hybridized carbons (Fsp3) is 0.769. The van der Waals surface area contributed by atoms with Gasteiger partial charge in [-0.2, -0.15) is 0 Å². The highest BCUT2D eigenvalue weighted by Crippen LogP contribution is 2.21. The molecule has 4 heteroatoms. The van der Waals surface area contributed by atoms with E-state index in [4.69, 9.17) is 4.74 Å². The lowest BCUT2D eigenvalue weighted by Gasteiger charge is -2.31. The van der Waals surface area contributed by atoms with E-state index in [1.165, 1.54) is 25.7 Å². The smallest absolute Gasteiger partial charge is 0.0945 e. The molecule has 4 nitrogen and oxygen atoms in total. The van der Waals surface area contributed by atoms with Gasteiger partial charge in [0.15, 0.2) is 0 Å². The highest BCUT2D eigenvalue weighted by Gasteiger charge is 2.23. The molecule has 1 saturated carbocycles. The van der Waals surface area contributed by atoms with Crippen molar-refractivity contribution in [2.24, 2.45) is 0 Å². The number of nitrogens with one attached hydrogen (secondary N) is 1. The number of nitrogens with zero attached hydrogens (tertiary/aromatic N) is 2. The molecular formula is C13H23N3O. The van der Waals surface area contributed by atoms with Gasteiger partial charge in [0.1, 0.15) is 0 Å². The predicted octanol–water partition coefficient (Wildman–Crippen LogP) is 1.82. The molecule has 1 aromatic heterocycles. The summed E-state index contributed by atoms with van der Waals surface area (Å²) in [6.45, 7) is 1.85. The third-order valence-electron chi connectivity index (χ3n) is 3.53. The first kappa shape index (κ1) is 12.6. The SMILES string of the molecule is CNC1CCCCC1OCCCn1ccnc1. The Kier molecular flexibility index (Phi) is 5.01. The van der Waals surface area contributed by atoms with Crippen molar-refractivity contribution in [1.82, 2.24) is 14.9 Å². The van der Waals surface area contributed by atoms with Crippen LogP contribution in [0, 0.1) is 0 Å². The Morgan fingerprint density at radius 2 is 2.29 bits per heavy atom. The third-order valence-corrected chi connectivity index (χ3v) is 3.53. The van der Waals surface area contributed by atoms with E-state index in [0.717, 1.165) is 19.6 Å². The molecule has 1 aromatic rings. The number of aromatic nitrogens is 2. The lowest BCUT2D eigenvalue weighted by Crippen LogP contribution is -2.41. The van der Waals surface area contributed by atoms with Crippen molar-refractivity contribution in [3.8, 4) is 0 Å². The first-order chi connectivity index (χ1) is 8.40. The molecule has 17 heavy (non-hydrogen) atoms. The Morgan fingerprint density at radius 3 is 3.06 bits per heavy atom. The third kappa shape index (κ3) is 3.82. The number of ether oxygens (including phenoxy) is 1. The Labute approximate surface area is 103 Å². The molecule has 1 heterocycles. The summed E-state index contributed by atoms with van der Waals surface area (Å²) < 4.78 is 8.09. The molecule has 1 N–H and O–H groups in total. The molecule has 0 aliphatic heterocycles. The van der Waals surface area contributed by atoms with Crippen molar-refractivity contribution in [2.45, 2.75) is 50.8 Å². The molecule has 2 unspecified atom stereocenters. The molecule has 0 amide bonds. The summed E-state index contributed by atoms with van der Waals surface area (Å²) in [5, 5.41) is 3.37. The van der Waals surface area contributed by atoms with Crippen LogP contribution in [0.2, 0.25) is 0 Å². The van der Waals surface area contributed by atoms with Crippen molar-refractivity contribution in [3.63, 3.8) is 0 Å². The topological polar surface area (TPSA) is 39.1 Å². The highest BCUT2D eigenvalue weighted by atomic mass is 16.5. The van der Waals surface area contributed by atoms with Gasteiger partial charge in [0.25, 0.3) is 0 Å². The lowest BCUT2D eigenvalue weighted by atomic mass is 9.92. The second-order valence-electron chi connectivity index (χ2n) is 4.74. The van der Waals surface area contributed by atoms with Crippen molar-refractivity contribution >= 4 is 0 Å². The number of hydrogen-bond acceptors (Lipinski definition) is 3. The lowest BCUT2D eigenvalue weighted by molar-refractivity contribution is 0.00483. The molecular weight excluding hydrogens is 214 g/mol. The van der Waals surface area contributed by atoms with Gasteiger partial charge >= 0.3 is 0 Å². The maximum atomic E-state index is 5.99. The fourth-order valence-electron chi connectivity index (χ4n) is 2.53. The second-order valence-corrected chi connectivity index (χ2v) is 4.74. The van der Waals surface area contributed by atoms with Crippen LogP contribution in [0.3, 0.4) is 0 Å². The van der Waals surface area contributed by atoms with Gasteiger partial charge < -0.3 is 14.6 Å². The molecule has 0 aromatic carbocycles. The summed E-state index contributed by atoms with van der Waals surface area (Å²) in [6.07, 6.45) is 12.2. The van der Waals surface area contributed by atoms with Gasteiger partial charge in [-0.15, -0.1) is 0 Å². The monoisotopic (exact) mass is 237 g/mol. The van der Waals surface area contributed by atoms with E-state index in [1.54, 1.807) is 0 Å². The standard InChI is InChI=1S/C13H23N3O/c1-14-12-5-2-3-6-13(12)17-10-4-8-16-9-7-15-11-16/h7,9,11-14H,2-6,8,10H2,1H3. The molecule has 0 radical (unpaired) electrons. The maximum Gasteiger partial charge on any atom is 0.0945 e. The van der Waals surface area contributed by atoms with Gasteiger partial charge in [-0.25, -0.2) is 4.98 Å². The number of likely N-dealkylation sites (N-methyl/N-ethyl adjacent to an activating group) is 1. The average molecular weight is 237 g/mol. The average Bonchev–Trinajstić information content (AvgIpc) is 2.88. The zero-order valence-electron chi connectivity index (χ0n) is 10.6. The van der Waals surface area contributed by atoms with Crippen molar-refractivity contribution in [2.75, 3.05) is 13.7 Å². The van der Waals surface area contributed by atoms with E-state index in [9.17, 15) is 0 Å². The normalized spacial score (nSPS) is 25.0. The molecule has 2 atom stereocenters. The zero-order valence-corrected chi connectivity index (χ0v) is 10.6. The molecule has 2 rings (SSSR count). The van der Waals surface area contributed by atoms with Crippen LogP contribution in [0.1, 0.15) is 32.1 Å². The maximum absolute atomic E-state index is 5.99. The number of imidazole rings is 1. The van der Waals surface area contributed by atoms with Crippen LogP contribution in [0.25, 0.3) is 0 Å². The van der Waals surface area contributed by atoms with Crippen LogP contribution in [0.4, 0.5) is 0 Å². The van der Waals surface area contributed by atoms with Crippen LogP contribution in [-0.2, 0) is 11.3 Å². The van der Waals surface area contributed by atoms with Gasteiger partial charge in [-0.1, -0.05) is 12.8 Å². The zero-order chi connectivity index (χ0) is 11.9. The van der Waals surface area contributed by atoms with E-state index in [-0.39, 0.29) is 0 Å². The van der Waals surface area contributed by atoms with Gasteiger partial charge in [-0.3, -0.25) is 0 Å². The van der Waals surface area contributed by atoms with E-state index in [1.807, 2.05) is 25.8 Å². The van der Waals surface area contributed by atoms with E-state index in [0.29, 0.717) is 12.1 Å². The minimum absolute atomic E-state index is 0.413. The van der Waals surface area contributed by atoms with Crippen LogP contribution < -0.4 is 5.32 Å². The van der Waals surface area contributed by atoms with Gasteiger partial charge in [0, 0.05) is 31.6 Å². The summed E-state index contributed by atoms with van der Waals surface area (Å²) in [5.41, 5.74) is 0. The van der Waals surface area contributed by atoms with Crippen molar-refractivity contribution in [1.29, 1.82) is 0 Å². The summed E-state index contributed by atoms with van der Waals surface area (Å²) in [5.74, 6) is 0. The number of aryl methyl sites for hydroxylation is 1. The quantitative estimate of drug-likeness (QED) is 0.767. The number of hydrogen-bond donors (Lipinski definition) is 1. The largest absolute Gasteiger partial charge is 0.377 e. The highest BCUT2D eigenvalue weighted by molar-refractivity contribution is 4.80. The van der Waals surface area contributed by atoms with Gasteiger partial charge in [0.2, 0.25) is 0 Å². The molecule has 0 spiro atoms. The molecule has 1 fully saturated rings.